The quantitative estimate of drug-likeness (QED) is 0.881. The molecule has 0 unspecified atom stereocenters. The molecule has 1 N–H and O–H groups in total. The van der Waals surface area contributed by atoms with Gasteiger partial charge in [-0.3, -0.25) is 0 Å². The molecule has 4 nitrogen and oxygen atoms in total. The van der Waals surface area contributed by atoms with Gasteiger partial charge < -0.3 is 5.11 Å². The standard InChI is InChI=1S/C13H10Cl2N2O2/c1-8-11(15)7-17(16-8)12-4-3-10(14)6-9(12)2-5-13(18)19/h2-7H,1H3,(H,18,19)/b5-2+. The van der Waals surface area contributed by atoms with Crippen molar-refractivity contribution in [2.75, 3.05) is 0 Å². The molecule has 0 saturated carbocycles. The summed E-state index contributed by atoms with van der Waals surface area (Å²) in [5, 5.41) is 14.0. The Labute approximate surface area is 119 Å². The first-order valence-electron chi connectivity index (χ1n) is 5.40. The van der Waals surface area contributed by atoms with Crippen LogP contribution in [0.5, 0.6) is 0 Å². The highest BCUT2D eigenvalue weighted by Gasteiger charge is 2.08. The number of hydrogen-bond donors (Lipinski definition) is 1. The molecule has 0 spiro atoms. The number of aryl methyl sites for hydroxylation is 1. The summed E-state index contributed by atoms with van der Waals surface area (Å²) in [5.41, 5.74) is 2.05. The summed E-state index contributed by atoms with van der Waals surface area (Å²) in [7, 11) is 0. The molecule has 1 heterocycles. The molecule has 0 radical (unpaired) electrons. The molecular formula is C13H10Cl2N2O2. The zero-order chi connectivity index (χ0) is 14.0. The van der Waals surface area contributed by atoms with Crippen molar-refractivity contribution in [2.45, 2.75) is 6.92 Å². The molecule has 6 heteroatoms. The molecule has 19 heavy (non-hydrogen) atoms. The van der Waals surface area contributed by atoms with Gasteiger partial charge in [0.25, 0.3) is 0 Å². The fraction of sp³-hybridized carbons (Fsp3) is 0.0769. The number of carbonyl (C=O) groups is 1. The predicted molar refractivity (Wildman–Crippen MR) is 75.0 cm³/mol. The molecule has 98 valence electrons. The maximum atomic E-state index is 10.6. The number of carboxylic acids is 1. The van der Waals surface area contributed by atoms with Crippen molar-refractivity contribution in [3.63, 3.8) is 0 Å². The Morgan fingerprint density at radius 2 is 2.16 bits per heavy atom. The van der Waals surface area contributed by atoms with E-state index >= 15 is 0 Å². The minimum atomic E-state index is -1.03. The topological polar surface area (TPSA) is 55.1 Å². The minimum Gasteiger partial charge on any atom is -0.478 e. The van der Waals surface area contributed by atoms with Gasteiger partial charge in [-0.1, -0.05) is 23.2 Å². The first kappa shape index (κ1) is 13.6. The van der Waals surface area contributed by atoms with E-state index < -0.39 is 5.97 Å². The van der Waals surface area contributed by atoms with E-state index in [9.17, 15) is 4.79 Å². The Bertz CT molecular complexity index is 643. The fourth-order valence-corrected chi connectivity index (χ4v) is 1.90. The van der Waals surface area contributed by atoms with Gasteiger partial charge in [-0.05, 0) is 31.2 Å². The molecule has 0 saturated heterocycles. The Balaban J connectivity index is 2.53. The minimum absolute atomic E-state index is 0.517. The summed E-state index contributed by atoms with van der Waals surface area (Å²) in [6.45, 7) is 1.79. The normalized spacial score (nSPS) is 11.1. The van der Waals surface area contributed by atoms with E-state index in [0.29, 0.717) is 27.0 Å². The van der Waals surface area contributed by atoms with E-state index in [4.69, 9.17) is 28.3 Å². The second-order valence-corrected chi connectivity index (χ2v) is 4.73. The van der Waals surface area contributed by atoms with E-state index in [0.717, 1.165) is 6.08 Å². The molecule has 0 fully saturated rings. The van der Waals surface area contributed by atoms with Crippen LogP contribution in [-0.4, -0.2) is 20.9 Å². The Morgan fingerprint density at radius 1 is 1.42 bits per heavy atom. The number of rotatable bonds is 3. The lowest BCUT2D eigenvalue weighted by Crippen LogP contribution is -1.98. The van der Waals surface area contributed by atoms with Gasteiger partial charge in [0, 0.05) is 22.9 Å². The summed E-state index contributed by atoms with van der Waals surface area (Å²) in [4.78, 5) is 10.6. The highest BCUT2D eigenvalue weighted by molar-refractivity contribution is 6.31. The van der Waals surface area contributed by atoms with Crippen molar-refractivity contribution in [3.05, 3.63) is 51.8 Å². The summed E-state index contributed by atoms with van der Waals surface area (Å²) < 4.78 is 1.59. The molecule has 0 atom stereocenters. The summed E-state index contributed by atoms with van der Waals surface area (Å²) >= 11 is 11.9. The number of aromatic nitrogens is 2. The van der Waals surface area contributed by atoms with Crippen molar-refractivity contribution < 1.29 is 9.90 Å². The molecule has 0 bridgehead atoms. The average Bonchev–Trinajstić information content (AvgIpc) is 2.67. The number of aliphatic carboxylic acids is 1. The van der Waals surface area contributed by atoms with Crippen LogP contribution in [0.15, 0.2) is 30.5 Å². The summed E-state index contributed by atoms with van der Waals surface area (Å²) in [6, 6.07) is 5.13. The molecule has 1 aromatic heterocycles. The fourth-order valence-electron chi connectivity index (χ4n) is 1.59. The maximum Gasteiger partial charge on any atom is 0.328 e. The van der Waals surface area contributed by atoms with Crippen LogP contribution in [-0.2, 0) is 4.79 Å². The van der Waals surface area contributed by atoms with Crippen LogP contribution in [0.1, 0.15) is 11.3 Å². The first-order valence-corrected chi connectivity index (χ1v) is 6.15. The first-order chi connectivity index (χ1) is 8.97. The highest BCUT2D eigenvalue weighted by atomic mass is 35.5. The highest BCUT2D eigenvalue weighted by Crippen LogP contribution is 2.23. The zero-order valence-corrected chi connectivity index (χ0v) is 11.5. The zero-order valence-electron chi connectivity index (χ0n) is 9.97. The Kier molecular flexibility index (Phi) is 3.93. The van der Waals surface area contributed by atoms with Crippen LogP contribution in [0.25, 0.3) is 11.8 Å². The molecule has 0 aliphatic carbocycles. The van der Waals surface area contributed by atoms with Gasteiger partial charge in [-0.15, -0.1) is 0 Å². The smallest absolute Gasteiger partial charge is 0.328 e. The molecule has 0 aliphatic rings. The van der Waals surface area contributed by atoms with Crippen molar-refractivity contribution in [1.82, 2.24) is 9.78 Å². The number of benzene rings is 1. The molecule has 1 aromatic carbocycles. The number of halogens is 2. The number of nitrogens with zero attached hydrogens (tertiary/aromatic N) is 2. The van der Waals surface area contributed by atoms with E-state index in [2.05, 4.69) is 5.10 Å². The monoisotopic (exact) mass is 296 g/mol. The third-order valence-electron chi connectivity index (χ3n) is 2.48. The maximum absolute atomic E-state index is 10.6. The van der Waals surface area contributed by atoms with E-state index in [1.165, 1.54) is 6.08 Å². The van der Waals surface area contributed by atoms with E-state index in [-0.39, 0.29) is 0 Å². The molecule has 2 rings (SSSR count). The van der Waals surface area contributed by atoms with Gasteiger partial charge in [0.1, 0.15) is 0 Å². The van der Waals surface area contributed by atoms with Gasteiger partial charge in [0.2, 0.25) is 0 Å². The van der Waals surface area contributed by atoms with Crippen molar-refractivity contribution in [1.29, 1.82) is 0 Å². The van der Waals surface area contributed by atoms with Gasteiger partial charge in [-0.2, -0.15) is 5.10 Å². The van der Waals surface area contributed by atoms with Crippen LogP contribution >= 0.6 is 23.2 Å². The van der Waals surface area contributed by atoms with Crippen LogP contribution < -0.4 is 0 Å². The van der Waals surface area contributed by atoms with E-state index in [1.54, 1.807) is 36.0 Å². The Morgan fingerprint density at radius 3 is 2.74 bits per heavy atom. The average molecular weight is 297 g/mol. The van der Waals surface area contributed by atoms with Crippen molar-refractivity contribution >= 4 is 35.2 Å². The van der Waals surface area contributed by atoms with E-state index in [1.807, 2.05) is 0 Å². The number of hydrogen-bond acceptors (Lipinski definition) is 2. The third kappa shape index (κ3) is 3.16. The van der Waals surface area contributed by atoms with Crippen LogP contribution in [0.2, 0.25) is 10.0 Å². The molecule has 2 aromatic rings. The number of carboxylic acid groups (broad SMARTS) is 1. The largest absolute Gasteiger partial charge is 0.478 e. The van der Waals surface area contributed by atoms with Crippen LogP contribution in [0.4, 0.5) is 0 Å². The molecule has 0 aliphatic heterocycles. The SMILES string of the molecule is Cc1nn(-c2ccc(Cl)cc2/C=C/C(=O)O)cc1Cl. The van der Waals surface area contributed by atoms with Crippen molar-refractivity contribution in [3.8, 4) is 5.69 Å². The molecular weight excluding hydrogens is 287 g/mol. The second-order valence-electron chi connectivity index (χ2n) is 3.88. The van der Waals surface area contributed by atoms with Gasteiger partial charge in [-0.25, -0.2) is 9.48 Å². The summed E-state index contributed by atoms with van der Waals surface area (Å²) in [5.74, 6) is -1.03. The lowest BCUT2D eigenvalue weighted by atomic mass is 10.1. The second kappa shape index (κ2) is 5.47. The summed E-state index contributed by atoms with van der Waals surface area (Å²) in [6.07, 6.45) is 4.18. The van der Waals surface area contributed by atoms with Gasteiger partial charge in [0.05, 0.1) is 16.4 Å². The lowest BCUT2D eigenvalue weighted by Gasteiger charge is -2.06. The van der Waals surface area contributed by atoms with Gasteiger partial charge >= 0.3 is 5.97 Å². The lowest BCUT2D eigenvalue weighted by molar-refractivity contribution is -0.131. The third-order valence-corrected chi connectivity index (χ3v) is 3.09. The Hall–Kier alpha value is -1.78. The predicted octanol–water partition coefficient (Wildman–Crippen LogP) is 3.59. The van der Waals surface area contributed by atoms with Crippen LogP contribution in [0.3, 0.4) is 0 Å². The van der Waals surface area contributed by atoms with Gasteiger partial charge in [0.15, 0.2) is 0 Å². The molecule has 0 amide bonds. The van der Waals surface area contributed by atoms with Crippen molar-refractivity contribution in [2.24, 2.45) is 0 Å². The van der Waals surface area contributed by atoms with Crippen LogP contribution in [0, 0.1) is 6.92 Å².